The normalized spacial score (nSPS) is 16.7. The number of rotatable bonds is 7. The maximum absolute atomic E-state index is 12.9. The predicted octanol–water partition coefficient (Wildman–Crippen LogP) is 3.96. The zero-order chi connectivity index (χ0) is 20.9. The Morgan fingerprint density at radius 1 is 1.33 bits per heavy atom. The van der Waals surface area contributed by atoms with E-state index in [1.807, 2.05) is 47.7 Å². The monoisotopic (exact) mass is 424 g/mol. The lowest BCUT2D eigenvalue weighted by molar-refractivity contribution is -0.130. The number of nitrogens with one attached hydrogen (secondary N) is 1. The molecule has 3 aromatic rings. The van der Waals surface area contributed by atoms with E-state index in [2.05, 4.69) is 9.97 Å². The van der Waals surface area contributed by atoms with E-state index in [-0.39, 0.29) is 11.8 Å². The Kier molecular flexibility index (Phi) is 6.47. The zero-order valence-electron chi connectivity index (χ0n) is 17.3. The van der Waals surface area contributed by atoms with Crippen LogP contribution in [0.15, 0.2) is 41.9 Å². The summed E-state index contributed by atoms with van der Waals surface area (Å²) in [5, 5.41) is 2.02. The van der Waals surface area contributed by atoms with Crippen LogP contribution in [-0.4, -0.2) is 58.3 Å². The number of amides is 2. The summed E-state index contributed by atoms with van der Waals surface area (Å²) in [4.78, 5) is 36.7. The van der Waals surface area contributed by atoms with Gasteiger partial charge >= 0.3 is 0 Å². The Morgan fingerprint density at radius 3 is 3.03 bits per heavy atom. The van der Waals surface area contributed by atoms with Crippen LogP contribution < -0.4 is 0 Å². The third kappa shape index (κ3) is 4.90. The maximum Gasteiger partial charge on any atom is 0.270 e. The number of hydrogen-bond acceptors (Lipinski definition) is 4. The number of fused-ring (bicyclic) bond motifs is 1. The van der Waals surface area contributed by atoms with Crippen molar-refractivity contribution in [1.82, 2.24) is 19.8 Å². The Bertz CT molecular complexity index is 968. The molecule has 1 unspecified atom stereocenters. The van der Waals surface area contributed by atoms with E-state index in [0.29, 0.717) is 24.6 Å². The maximum atomic E-state index is 12.9. The fourth-order valence-corrected chi connectivity index (χ4v) is 4.87. The highest BCUT2D eigenvalue weighted by molar-refractivity contribution is 7.17. The number of H-pyrrole nitrogens is 1. The van der Waals surface area contributed by atoms with Gasteiger partial charge in [0, 0.05) is 51.4 Å². The van der Waals surface area contributed by atoms with Crippen molar-refractivity contribution < 1.29 is 9.59 Å². The van der Waals surface area contributed by atoms with E-state index in [0.717, 1.165) is 54.7 Å². The van der Waals surface area contributed by atoms with Crippen LogP contribution in [0.5, 0.6) is 0 Å². The molecule has 4 rings (SSSR count). The van der Waals surface area contributed by atoms with E-state index < -0.39 is 0 Å². The standard InChI is InChI=1S/C23H28N4O2S/c1-26(13-9-18-6-2-3-11-24-18)22(28)8-7-17-5-4-12-27(16-17)23(29)20-15-21-19(25-20)10-14-30-21/h2-3,6,10-11,14-15,17,25H,4-5,7-9,12-13,16H2,1H3. The van der Waals surface area contributed by atoms with Crippen molar-refractivity contribution in [3.05, 3.63) is 53.3 Å². The van der Waals surface area contributed by atoms with Crippen LogP contribution in [0.2, 0.25) is 0 Å². The highest BCUT2D eigenvalue weighted by atomic mass is 32.1. The van der Waals surface area contributed by atoms with E-state index in [1.54, 1.807) is 22.4 Å². The van der Waals surface area contributed by atoms with Gasteiger partial charge in [0.05, 0.1) is 10.2 Å². The Morgan fingerprint density at radius 2 is 2.23 bits per heavy atom. The molecule has 6 nitrogen and oxygen atoms in total. The van der Waals surface area contributed by atoms with Gasteiger partial charge < -0.3 is 14.8 Å². The van der Waals surface area contributed by atoms with Crippen molar-refractivity contribution >= 4 is 33.4 Å². The molecule has 1 atom stereocenters. The van der Waals surface area contributed by atoms with Crippen molar-refractivity contribution in [2.45, 2.75) is 32.1 Å². The molecule has 0 bridgehead atoms. The van der Waals surface area contributed by atoms with Crippen molar-refractivity contribution in [1.29, 1.82) is 0 Å². The van der Waals surface area contributed by atoms with Gasteiger partial charge in [-0.15, -0.1) is 11.3 Å². The molecule has 0 aliphatic carbocycles. The second-order valence-electron chi connectivity index (χ2n) is 8.07. The highest BCUT2D eigenvalue weighted by Crippen LogP contribution is 2.25. The molecule has 1 aliphatic heterocycles. The van der Waals surface area contributed by atoms with Crippen molar-refractivity contribution in [3.8, 4) is 0 Å². The number of hydrogen-bond donors (Lipinski definition) is 1. The first-order chi connectivity index (χ1) is 14.6. The molecule has 0 spiro atoms. The minimum Gasteiger partial charge on any atom is -0.350 e. The molecule has 7 heteroatoms. The number of likely N-dealkylation sites (tertiary alicyclic amines) is 1. The first kappa shape index (κ1) is 20.6. The molecule has 4 heterocycles. The summed E-state index contributed by atoms with van der Waals surface area (Å²) >= 11 is 1.64. The molecular weight excluding hydrogens is 396 g/mol. The fraction of sp³-hybridized carbons (Fsp3) is 0.435. The third-order valence-electron chi connectivity index (χ3n) is 5.90. The van der Waals surface area contributed by atoms with Gasteiger partial charge in [-0.1, -0.05) is 6.07 Å². The summed E-state index contributed by atoms with van der Waals surface area (Å²) in [7, 11) is 1.86. The largest absolute Gasteiger partial charge is 0.350 e. The van der Waals surface area contributed by atoms with Crippen molar-refractivity contribution in [2.24, 2.45) is 5.92 Å². The summed E-state index contributed by atoms with van der Waals surface area (Å²) in [6, 6.07) is 9.81. The SMILES string of the molecule is CN(CCc1ccccn1)C(=O)CCC1CCCN(C(=O)c2cc3sccc3[nH]2)C1. The molecule has 1 N–H and O–H groups in total. The van der Waals surface area contributed by atoms with Crippen molar-refractivity contribution in [2.75, 3.05) is 26.7 Å². The summed E-state index contributed by atoms with van der Waals surface area (Å²) < 4.78 is 1.12. The number of aromatic nitrogens is 2. The van der Waals surface area contributed by atoms with Crippen LogP contribution in [0, 0.1) is 5.92 Å². The molecule has 0 saturated carbocycles. The van der Waals surface area contributed by atoms with E-state index in [4.69, 9.17) is 0 Å². The van der Waals surface area contributed by atoms with Crippen LogP contribution >= 0.6 is 11.3 Å². The minimum absolute atomic E-state index is 0.0712. The highest BCUT2D eigenvalue weighted by Gasteiger charge is 2.26. The van der Waals surface area contributed by atoms with Gasteiger partial charge in [-0.3, -0.25) is 14.6 Å². The Hall–Kier alpha value is -2.67. The molecule has 158 valence electrons. The summed E-state index contributed by atoms with van der Waals surface area (Å²) in [6.45, 7) is 2.20. The van der Waals surface area contributed by atoms with Crippen LogP contribution in [-0.2, 0) is 11.2 Å². The number of likely N-dealkylation sites (N-methyl/N-ethyl adjacent to an activating group) is 1. The number of carbonyl (C=O) groups is 2. The number of thiophene rings is 1. The second kappa shape index (κ2) is 9.43. The number of piperidine rings is 1. The summed E-state index contributed by atoms with van der Waals surface area (Å²) in [5.74, 6) is 0.618. The average molecular weight is 425 g/mol. The van der Waals surface area contributed by atoms with Crippen LogP contribution in [0.3, 0.4) is 0 Å². The van der Waals surface area contributed by atoms with E-state index >= 15 is 0 Å². The summed E-state index contributed by atoms with van der Waals surface area (Å²) in [5.41, 5.74) is 2.70. The van der Waals surface area contributed by atoms with E-state index in [9.17, 15) is 9.59 Å². The quantitative estimate of drug-likeness (QED) is 0.624. The number of carbonyl (C=O) groups excluding carboxylic acids is 2. The fourth-order valence-electron chi connectivity index (χ4n) is 4.09. The average Bonchev–Trinajstić information content (AvgIpc) is 3.38. The first-order valence-corrected chi connectivity index (χ1v) is 11.5. The van der Waals surface area contributed by atoms with Gasteiger partial charge in [-0.25, -0.2) is 0 Å². The lowest BCUT2D eigenvalue weighted by atomic mass is 9.93. The van der Waals surface area contributed by atoms with Gasteiger partial charge in [-0.2, -0.15) is 0 Å². The molecule has 2 amide bonds. The molecule has 1 saturated heterocycles. The zero-order valence-corrected chi connectivity index (χ0v) is 18.2. The predicted molar refractivity (Wildman–Crippen MR) is 120 cm³/mol. The second-order valence-corrected chi connectivity index (χ2v) is 9.01. The Balaban J connectivity index is 1.24. The topological polar surface area (TPSA) is 69.3 Å². The smallest absolute Gasteiger partial charge is 0.270 e. The third-order valence-corrected chi connectivity index (χ3v) is 6.76. The lowest BCUT2D eigenvalue weighted by Gasteiger charge is -2.32. The van der Waals surface area contributed by atoms with Crippen LogP contribution in [0.4, 0.5) is 0 Å². The van der Waals surface area contributed by atoms with Crippen LogP contribution in [0.25, 0.3) is 10.2 Å². The molecule has 30 heavy (non-hydrogen) atoms. The molecule has 0 aromatic carbocycles. The number of pyridine rings is 1. The molecule has 1 aliphatic rings. The Labute approximate surface area is 180 Å². The van der Waals surface area contributed by atoms with Crippen LogP contribution in [0.1, 0.15) is 41.9 Å². The van der Waals surface area contributed by atoms with Gasteiger partial charge in [0.15, 0.2) is 0 Å². The minimum atomic E-state index is 0.0712. The molecular formula is C23H28N4O2S. The van der Waals surface area contributed by atoms with Gasteiger partial charge in [0.2, 0.25) is 5.91 Å². The number of nitrogens with zero attached hydrogens (tertiary/aromatic N) is 3. The lowest BCUT2D eigenvalue weighted by Crippen LogP contribution is -2.40. The summed E-state index contributed by atoms with van der Waals surface area (Å²) in [6.07, 6.45) is 5.98. The van der Waals surface area contributed by atoms with Gasteiger partial charge in [0.25, 0.3) is 5.91 Å². The van der Waals surface area contributed by atoms with Gasteiger partial charge in [-0.05, 0) is 54.8 Å². The van der Waals surface area contributed by atoms with E-state index in [1.165, 1.54) is 0 Å². The molecule has 1 fully saturated rings. The molecule has 3 aromatic heterocycles. The molecule has 0 radical (unpaired) electrons. The number of aromatic amines is 1. The van der Waals surface area contributed by atoms with Gasteiger partial charge in [0.1, 0.15) is 5.69 Å². The first-order valence-electron chi connectivity index (χ1n) is 10.6. The van der Waals surface area contributed by atoms with Crippen molar-refractivity contribution in [3.63, 3.8) is 0 Å².